The van der Waals surface area contributed by atoms with E-state index >= 15 is 0 Å². The highest BCUT2D eigenvalue weighted by Gasteiger charge is 2.18. The topological polar surface area (TPSA) is 96.9 Å². The van der Waals surface area contributed by atoms with E-state index < -0.39 is 5.76 Å². The van der Waals surface area contributed by atoms with Crippen LogP contribution in [0, 0.1) is 12.8 Å². The van der Waals surface area contributed by atoms with E-state index in [1.807, 2.05) is 18.2 Å². The molecule has 0 atom stereocenters. The molecule has 0 bridgehead atoms. The van der Waals surface area contributed by atoms with E-state index in [4.69, 9.17) is 10.2 Å². The molecular formula is C16H23ClN4O2. The number of nitrogens with one attached hydrogen (secondary N) is 2. The first-order valence-electron chi connectivity index (χ1n) is 7.78. The van der Waals surface area contributed by atoms with Gasteiger partial charge in [-0.3, -0.25) is 0 Å². The third kappa shape index (κ3) is 4.36. The van der Waals surface area contributed by atoms with Crippen LogP contribution in [0.15, 0.2) is 27.4 Å². The van der Waals surface area contributed by atoms with Gasteiger partial charge in [0.15, 0.2) is 0 Å². The molecule has 1 fully saturated rings. The zero-order chi connectivity index (χ0) is 15.5. The van der Waals surface area contributed by atoms with Gasteiger partial charge in [0, 0.05) is 23.8 Å². The number of H-pyrrole nitrogens is 1. The summed E-state index contributed by atoms with van der Waals surface area (Å²) in [5.41, 5.74) is 8.95. The Morgan fingerprint density at radius 3 is 2.74 bits per heavy atom. The summed E-state index contributed by atoms with van der Waals surface area (Å²) in [7, 11) is 0. The first-order valence-corrected chi connectivity index (χ1v) is 7.78. The third-order valence-electron chi connectivity index (χ3n) is 4.40. The minimum atomic E-state index is -0.538. The quantitative estimate of drug-likeness (QED) is 0.796. The molecule has 0 unspecified atom stereocenters. The van der Waals surface area contributed by atoms with E-state index in [1.165, 1.54) is 12.8 Å². The molecule has 4 N–H and O–H groups in total. The van der Waals surface area contributed by atoms with Crippen LogP contribution in [0.1, 0.15) is 31.2 Å². The summed E-state index contributed by atoms with van der Waals surface area (Å²) in [5, 5.41) is 9.67. The second kappa shape index (κ2) is 7.66. The number of hydrogen-bond donors (Lipinski definition) is 3. The lowest BCUT2D eigenvalue weighted by atomic mass is 9.86. The Labute approximate surface area is 141 Å². The highest BCUT2D eigenvalue weighted by molar-refractivity contribution is 5.85. The number of nitrogens with two attached hydrogens (primary N) is 1. The fourth-order valence-electron chi connectivity index (χ4n) is 2.95. The summed E-state index contributed by atoms with van der Waals surface area (Å²) in [6.07, 6.45) is 4.59. The number of aromatic amines is 1. The summed E-state index contributed by atoms with van der Waals surface area (Å²) in [6.45, 7) is 3.01. The first kappa shape index (κ1) is 17.6. The fraction of sp³-hybridized carbons (Fsp3) is 0.500. The number of nitrogens with zero attached hydrogens (tertiary/aromatic N) is 1. The molecule has 1 aliphatic carbocycles. The number of aryl methyl sites for hydroxylation is 1. The highest BCUT2D eigenvalue weighted by atomic mass is 35.5. The Bertz CT molecular complexity index is 689. The van der Waals surface area contributed by atoms with E-state index in [-0.39, 0.29) is 12.4 Å². The third-order valence-corrected chi connectivity index (χ3v) is 4.40. The number of rotatable bonds is 4. The number of halogens is 1. The molecule has 1 heterocycles. The maximum absolute atomic E-state index is 11.1. The van der Waals surface area contributed by atoms with Gasteiger partial charge in [0.05, 0.1) is 0 Å². The molecular weight excluding hydrogens is 316 g/mol. The summed E-state index contributed by atoms with van der Waals surface area (Å²) in [6, 6.07) is 6.26. The van der Waals surface area contributed by atoms with Crippen molar-refractivity contribution in [2.75, 3.05) is 11.9 Å². The Balaban J connectivity index is 0.00000192. The summed E-state index contributed by atoms with van der Waals surface area (Å²) in [4.78, 5) is 11.1. The fourth-order valence-corrected chi connectivity index (χ4v) is 2.95. The van der Waals surface area contributed by atoms with Crippen LogP contribution in [0.5, 0.6) is 0 Å². The van der Waals surface area contributed by atoms with Crippen molar-refractivity contribution in [3.05, 3.63) is 34.3 Å². The lowest BCUT2D eigenvalue weighted by Gasteiger charge is -2.26. The van der Waals surface area contributed by atoms with Crippen LogP contribution in [0.25, 0.3) is 11.5 Å². The number of aromatic nitrogens is 2. The number of anilines is 1. The zero-order valence-electron chi connectivity index (χ0n) is 13.2. The molecule has 3 rings (SSSR count). The summed E-state index contributed by atoms with van der Waals surface area (Å²) >= 11 is 0. The molecule has 0 aliphatic heterocycles. The number of hydrogen-bond acceptors (Lipinski definition) is 5. The van der Waals surface area contributed by atoms with Crippen LogP contribution in [-0.4, -0.2) is 22.8 Å². The summed E-state index contributed by atoms with van der Waals surface area (Å²) in [5.74, 6) is 0.450. The minimum Gasteiger partial charge on any atom is -0.388 e. The van der Waals surface area contributed by atoms with Gasteiger partial charge in [-0.05, 0) is 56.2 Å². The molecule has 23 heavy (non-hydrogen) atoms. The molecule has 0 amide bonds. The average Bonchev–Trinajstić information content (AvgIpc) is 2.95. The van der Waals surface area contributed by atoms with Gasteiger partial charge in [0.25, 0.3) is 0 Å². The van der Waals surface area contributed by atoms with E-state index in [9.17, 15) is 4.79 Å². The van der Waals surface area contributed by atoms with E-state index in [1.54, 1.807) is 0 Å². The predicted octanol–water partition coefficient (Wildman–Crippen LogP) is 2.69. The monoisotopic (exact) mass is 338 g/mol. The Kier molecular flexibility index (Phi) is 5.85. The van der Waals surface area contributed by atoms with E-state index in [2.05, 4.69) is 22.4 Å². The molecule has 1 saturated carbocycles. The molecule has 1 aromatic carbocycles. The largest absolute Gasteiger partial charge is 0.434 e. The van der Waals surface area contributed by atoms with Crippen molar-refractivity contribution in [1.29, 1.82) is 0 Å². The molecule has 1 aromatic heterocycles. The molecule has 0 saturated heterocycles. The van der Waals surface area contributed by atoms with Gasteiger partial charge in [-0.25, -0.2) is 9.89 Å². The molecule has 2 aromatic rings. The Morgan fingerprint density at radius 1 is 1.35 bits per heavy atom. The SMILES string of the molecule is Cc1ccc(-c2n[nH]c(=O)o2)cc1NC[C@H]1CC[C@H](N)CC1.Cl. The predicted molar refractivity (Wildman–Crippen MR) is 93.0 cm³/mol. The summed E-state index contributed by atoms with van der Waals surface area (Å²) < 4.78 is 5.01. The maximum Gasteiger partial charge on any atom is 0.434 e. The van der Waals surface area contributed by atoms with Crippen molar-refractivity contribution in [2.24, 2.45) is 11.7 Å². The van der Waals surface area contributed by atoms with Gasteiger partial charge >= 0.3 is 5.76 Å². The molecule has 0 radical (unpaired) electrons. The molecule has 126 valence electrons. The number of benzene rings is 1. The van der Waals surface area contributed by atoms with Crippen molar-refractivity contribution in [1.82, 2.24) is 10.2 Å². The molecule has 1 aliphatic rings. The van der Waals surface area contributed by atoms with Crippen molar-refractivity contribution in [2.45, 2.75) is 38.6 Å². The maximum atomic E-state index is 11.1. The Hall–Kier alpha value is -1.79. The van der Waals surface area contributed by atoms with Gasteiger partial charge in [-0.1, -0.05) is 6.07 Å². The molecule has 0 spiro atoms. The van der Waals surface area contributed by atoms with Gasteiger partial charge < -0.3 is 15.5 Å². The van der Waals surface area contributed by atoms with Gasteiger partial charge in [0.2, 0.25) is 5.89 Å². The van der Waals surface area contributed by atoms with Crippen LogP contribution in [0.3, 0.4) is 0 Å². The molecule has 6 nitrogen and oxygen atoms in total. The standard InChI is InChI=1S/C16H22N4O2.ClH/c1-10-2-5-12(15-19-20-16(21)22-15)8-14(10)18-9-11-3-6-13(17)7-4-11;/h2,5,8,11,13,18H,3-4,6-7,9,17H2,1H3,(H,20,21);1H/t11-,13-;. The van der Waals surface area contributed by atoms with Crippen LogP contribution in [0.2, 0.25) is 0 Å². The smallest absolute Gasteiger partial charge is 0.388 e. The zero-order valence-corrected chi connectivity index (χ0v) is 14.0. The average molecular weight is 339 g/mol. The van der Waals surface area contributed by atoms with Gasteiger partial charge in [-0.15, -0.1) is 17.5 Å². The van der Waals surface area contributed by atoms with Crippen molar-refractivity contribution in [3.8, 4) is 11.5 Å². The van der Waals surface area contributed by atoms with Crippen molar-refractivity contribution in [3.63, 3.8) is 0 Å². The van der Waals surface area contributed by atoms with Gasteiger partial charge in [-0.2, -0.15) is 0 Å². The van der Waals surface area contributed by atoms with Crippen molar-refractivity contribution >= 4 is 18.1 Å². The second-order valence-electron chi connectivity index (χ2n) is 6.11. The van der Waals surface area contributed by atoms with E-state index in [0.29, 0.717) is 17.9 Å². The lowest BCUT2D eigenvalue weighted by molar-refractivity contribution is 0.339. The normalized spacial score (nSPS) is 20.8. The first-order chi connectivity index (χ1) is 10.6. The Morgan fingerprint density at radius 2 is 2.09 bits per heavy atom. The van der Waals surface area contributed by atoms with Crippen molar-refractivity contribution < 1.29 is 4.42 Å². The second-order valence-corrected chi connectivity index (χ2v) is 6.11. The van der Waals surface area contributed by atoms with Crippen LogP contribution in [0.4, 0.5) is 5.69 Å². The van der Waals surface area contributed by atoms with Crippen LogP contribution >= 0.6 is 12.4 Å². The minimum absolute atomic E-state index is 0. The lowest BCUT2D eigenvalue weighted by Crippen LogP contribution is -2.29. The van der Waals surface area contributed by atoms with Crippen LogP contribution in [-0.2, 0) is 0 Å². The molecule has 7 heteroatoms. The van der Waals surface area contributed by atoms with E-state index in [0.717, 1.165) is 36.2 Å². The highest BCUT2D eigenvalue weighted by Crippen LogP contribution is 2.26. The van der Waals surface area contributed by atoms with Crippen LogP contribution < -0.4 is 16.8 Å². The van der Waals surface area contributed by atoms with Gasteiger partial charge in [0.1, 0.15) is 0 Å².